The van der Waals surface area contributed by atoms with Crippen LogP contribution in [0.1, 0.15) is 18.5 Å². The van der Waals surface area contributed by atoms with Crippen LogP contribution < -0.4 is 11.1 Å². The van der Waals surface area contributed by atoms with Gasteiger partial charge < -0.3 is 11.1 Å². The highest BCUT2D eigenvalue weighted by atomic mass is 35.5. The van der Waals surface area contributed by atoms with Crippen LogP contribution >= 0.6 is 11.6 Å². The van der Waals surface area contributed by atoms with Crippen LogP contribution in [-0.4, -0.2) is 14.9 Å². The number of nitrogens with one attached hydrogen (secondary N) is 1. The summed E-state index contributed by atoms with van der Waals surface area (Å²) < 4.78 is 0. The van der Waals surface area contributed by atoms with Gasteiger partial charge in [-0.15, -0.1) is 0 Å². The molecular weight excluding hydrogens is 282 g/mol. The number of nitrogen functional groups attached to an aromatic ring is 1. The predicted octanol–water partition coefficient (Wildman–Crippen LogP) is 2.79. The van der Waals surface area contributed by atoms with Crippen LogP contribution in [0.25, 0.3) is 0 Å². The number of nitrogens with zero attached hydrogens (tertiary/aromatic N) is 3. The maximum Gasteiger partial charge on any atom is 0.353 e. The van der Waals surface area contributed by atoms with Gasteiger partial charge in [0.15, 0.2) is 0 Å². The van der Waals surface area contributed by atoms with Crippen molar-refractivity contribution in [2.75, 3.05) is 11.1 Å². The van der Waals surface area contributed by atoms with E-state index in [1.165, 1.54) is 6.33 Å². The zero-order valence-corrected chi connectivity index (χ0v) is 11.3. The molecule has 1 heterocycles. The Labute approximate surface area is 120 Å². The first-order chi connectivity index (χ1) is 9.49. The second-order valence-electron chi connectivity index (χ2n) is 4.13. The zero-order valence-electron chi connectivity index (χ0n) is 10.6. The molecule has 104 valence electrons. The monoisotopic (exact) mass is 293 g/mol. The van der Waals surface area contributed by atoms with Crippen molar-refractivity contribution < 1.29 is 4.92 Å². The molecule has 0 saturated heterocycles. The Balaban J connectivity index is 2.28. The molecule has 0 aliphatic heterocycles. The maximum atomic E-state index is 11.0. The third-order valence-electron chi connectivity index (χ3n) is 2.76. The van der Waals surface area contributed by atoms with Gasteiger partial charge in [-0.25, -0.2) is 9.97 Å². The van der Waals surface area contributed by atoms with Crippen molar-refractivity contribution in [1.29, 1.82) is 0 Å². The number of nitrogens with two attached hydrogens (primary N) is 1. The summed E-state index contributed by atoms with van der Waals surface area (Å²) in [5.74, 6) is -0.0826. The molecule has 8 heteroatoms. The lowest BCUT2D eigenvalue weighted by Crippen LogP contribution is -2.11. The SMILES string of the molecule is CC(Nc1ncnc(N)c1[N+](=O)[O-])c1ccc(Cl)cc1. The average molecular weight is 294 g/mol. The van der Waals surface area contributed by atoms with Gasteiger partial charge in [0, 0.05) is 5.02 Å². The van der Waals surface area contributed by atoms with E-state index >= 15 is 0 Å². The van der Waals surface area contributed by atoms with E-state index < -0.39 is 4.92 Å². The molecule has 1 aromatic carbocycles. The second-order valence-corrected chi connectivity index (χ2v) is 4.57. The smallest absolute Gasteiger partial charge is 0.353 e. The fourth-order valence-corrected chi connectivity index (χ4v) is 1.84. The average Bonchev–Trinajstić information content (AvgIpc) is 2.39. The number of nitro groups is 1. The topological polar surface area (TPSA) is 107 Å². The van der Waals surface area contributed by atoms with Gasteiger partial charge in [-0.05, 0) is 24.6 Å². The van der Waals surface area contributed by atoms with Gasteiger partial charge >= 0.3 is 5.69 Å². The number of aromatic nitrogens is 2. The van der Waals surface area contributed by atoms with E-state index in [4.69, 9.17) is 17.3 Å². The van der Waals surface area contributed by atoms with Crippen LogP contribution in [0.15, 0.2) is 30.6 Å². The Kier molecular flexibility index (Phi) is 3.99. The molecule has 0 fully saturated rings. The molecule has 2 aromatic rings. The Morgan fingerprint density at radius 2 is 2.00 bits per heavy atom. The van der Waals surface area contributed by atoms with Crippen molar-refractivity contribution in [3.05, 3.63) is 51.3 Å². The summed E-state index contributed by atoms with van der Waals surface area (Å²) in [6.07, 6.45) is 1.18. The number of rotatable bonds is 4. The Bertz CT molecular complexity index is 632. The third-order valence-corrected chi connectivity index (χ3v) is 3.01. The van der Waals surface area contributed by atoms with Crippen LogP contribution in [0, 0.1) is 10.1 Å². The van der Waals surface area contributed by atoms with Gasteiger partial charge in [0.2, 0.25) is 11.6 Å². The number of hydrogen-bond donors (Lipinski definition) is 2. The molecule has 2 rings (SSSR count). The van der Waals surface area contributed by atoms with Crippen LogP contribution in [0.5, 0.6) is 0 Å². The molecule has 0 bridgehead atoms. The minimum Gasteiger partial charge on any atom is -0.378 e. The summed E-state index contributed by atoms with van der Waals surface area (Å²) in [6.45, 7) is 1.85. The highest BCUT2D eigenvalue weighted by Gasteiger charge is 2.22. The standard InChI is InChI=1S/C12H12ClN5O2/c1-7(8-2-4-9(13)5-3-8)17-12-10(18(19)20)11(14)15-6-16-12/h2-7H,1H3,(H3,14,15,16,17). The van der Waals surface area contributed by atoms with Crippen molar-refractivity contribution in [2.24, 2.45) is 0 Å². The lowest BCUT2D eigenvalue weighted by molar-refractivity contribution is -0.383. The molecule has 20 heavy (non-hydrogen) atoms. The van der Waals surface area contributed by atoms with E-state index in [9.17, 15) is 10.1 Å². The van der Waals surface area contributed by atoms with Crippen LogP contribution in [-0.2, 0) is 0 Å². The van der Waals surface area contributed by atoms with Gasteiger partial charge in [0.05, 0.1) is 11.0 Å². The van der Waals surface area contributed by atoms with Crippen molar-refractivity contribution >= 4 is 28.9 Å². The van der Waals surface area contributed by atoms with Crippen LogP contribution in [0.4, 0.5) is 17.3 Å². The minimum absolute atomic E-state index is 0.0879. The second kappa shape index (κ2) is 5.70. The first-order valence-electron chi connectivity index (χ1n) is 5.76. The summed E-state index contributed by atoms with van der Waals surface area (Å²) >= 11 is 5.82. The molecule has 0 amide bonds. The highest BCUT2D eigenvalue weighted by molar-refractivity contribution is 6.30. The third kappa shape index (κ3) is 2.94. The zero-order chi connectivity index (χ0) is 14.7. The molecule has 0 aliphatic rings. The highest BCUT2D eigenvalue weighted by Crippen LogP contribution is 2.29. The molecule has 1 aromatic heterocycles. The summed E-state index contributed by atoms with van der Waals surface area (Å²) in [7, 11) is 0. The molecule has 0 radical (unpaired) electrons. The van der Waals surface area contributed by atoms with Gasteiger partial charge in [0.1, 0.15) is 6.33 Å². The molecule has 0 spiro atoms. The van der Waals surface area contributed by atoms with Crippen molar-refractivity contribution in [3.8, 4) is 0 Å². The van der Waals surface area contributed by atoms with E-state index in [0.29, 0.717) is 5.02 Å². The van der Waals surface area contributed by atoms with E-state index in [0.717, 1.165) is 5.56 Å². The number of benzene rings is 1. The van der Waals surface area contributed by atoms with Crippen molar-refractivity contribution in [1.82, 2.24) is 9.97 Å². The normalized spacial score (nSPS) is 11.9. The van der Waals surface area contributed by atoms with Crippen molar-refractivity contribution in [3.63, 3.8) is 0 Å². The maximum absolute atomic E-state index is 11.0. The van der Waals surface area contributed by atoms with Gasteiger partial charge in [-0.3, -0.25) is 10.1 Å². The lowest BCUT2D eigenvalue weighted by Gasteiger charge is -2.15. The Morgan fingerprint density at radius 1 is 1.35 bits per heavy atom. The predicted molar refractivity (Wildman–Crippen MR) is 76.6 cm³/mol. The van der Waals surface area contributed by atoms with Crippen molar-refractivity contribution in [2.45, 2.75) is 13.0 Å². The molecule has 1 atom stereocenters. The van der Waals surface area contributed by atoms with E-state index in [1.54, 1.807) is 12.1 Å². The summed E-state index contributed by atoms with van der Waals surface area (Å²) in [5.41, 5.74) is 6.10. The van der Waals surface area contributed by atoms with E-state index in [2.05, 4.69) is 15.3 Å². The first-order valence-corrected chi connectivity index (χ1v) is 6.13. The summed E-state index contributed by atoms with van der Waals surface area (Å²) in [5, 5.41) is 14.6. The lowest BCUT2D eigenvalue weighted by atomic mass is 10.1. The Hall–Kier alpha value is -2.41. The van der Waals surface area contributed by atoms with E-state index in [1.807, 2.05) is 19.1 Å². The summed E-state index contributed by atoms with van der Waals surface area (Å²) in [6, 6.07) is 6.96. The van der Waals surface area contributed by atoms with Crippen LogP contribution in [0.2, 0.25) is 5.02 Å². The van der Waals surface area contributed by atoms with Gasteiger partial charge in [-0.1, -0.05) is 23.7 Å². The quantitative estimate of drug-likeness (QED) is 0.663. The largest absolute Gasteiger partial charge is 0.378 e. The molecule has 7 nitrogen and oxygen atoms in total. The number of anilines is 2. The molecule has 1 unspecified atom stereocenters. The van der Waals surface area contributed by atoms with Crippen LogP contribution in [0.3, 0.4) is 0 Å². The first kappa shape index (κ1) is 14.0. The van der Waals surface area contributed by atoms with E-state index in [-0.39, 0.29) is 23.4 Å². The van der Waals surface area contributed by atoms with Gasteiger partial charge in [-0.2, -0.15) is 0 Å². The number of halogens is 1. The summed E-state index contributed by atoms with van der Waals surface area (Å²) in [4.78, 5) is 17.9. The molecular formula is C12H12ClN5O2. The molecule has 0 aliphatic carbocycles. The number of hydrogen-bond acceptors (Lipinski definition) is 6. The fraction of sp³-hybridized carbons (Fsp3) is 0.167. The fourth-order valence-electron chi connectivity index (χ4n) is 1.72. The van der Waals surface area contributed by atoms with Gasteiger partial charge in [0.25, 0.3) is 0 Å². The molecule has 3 N–H and O–H groups in total. The molecule has 0 saturated carbocycles. The Morgan fingerprint density at radius 3 is 2.60 bits per heavy atom. The minimum atomic E-state index is -0.605.